The molecule has 1 unspecified atom stereocenters. The molecule has 0 aromatic heterocycles. The largest absolute Gasteiger partial charge is 0.335 e. The molecule has 1 atom stereocenters. The van der Waals surface area contributed by atoms with E-state index >= 15 is 0 Å². The highest BCUT2D eigenvalue weighted by atomic mass is 32.2. The minimum absolute atomic E-state index is 0.673. The molecule has 0 fully saturated rings. The van der Waals surface area contributed by atoms with Gasteiger partial charge in [0, 0.05) is 10.9 Å². The van der Waals surface area contributed by atoms with E-state index in [1.54, 1.807) is 0 Å². The summed E-state index contributed by atoms with van der Waals surface area (Å²) in [5.74, 6) is 0. The lowest BCUT2D eigenvalue weighted by molar-refractivity contribution is 0.843. The first-order valence-electron chi connectivity index (χ1n) is 6.45. The Morgan fingerprint density at radius 1 is 1.35 bits per heavy atom. The van der Waals surface area contributed by atoms with E-state index in [0.717, 1.165) is 11.7 Å². The Bertz CT molecular complexity index is 454. The number of amidine groups is 1. The number of fused-ring (bicyclic) bond motifs is 1. The summed E-state index contributed by atoms with van der Waals surface area (Å²) >= 11 is 1.88. The third-order valence-electron chi connectivity index (χ3n) is 3.52. The first-order valence-corrected chi connectivity index (χ1v) is 7.33. The molecule has 1 N–H and O–H groups in total. The van der Waals surface area contributed by atoms with Crippen molar-refractivity contribution in [2.45, 2.75) is 37.9 Å². The van der Waals surface area contributed by atoms with E-state index in [1.165, 1.54) is 42.5 Å². The minimum Gasteiger partial charge on any atom is -0.335 e. The summed E-state index contributed by atoms with van der Waals surface area (Å²) in [6, 6.07) is 6.75. The van der Waals surface area contributed by atoms with Gasteiger partial charge in [-0.2, -0.15) is 0 Å². The zero-order valence-corrected chi connectivity index (χ0v) is 11.0. The second-order valence-electron chi connectivity index (χ2n) is 4.76. The van der Waals surface area contributed by atoms with Gasteiger partial charge in [-0.25, -0.2) is 0 Å². The first-order chi connectivity index (χ1) is 8.35. The number of rotatable bonds is 2. The zero-order valence-electron chi connectivity index (χ0n) is 10.2. The fourth-order valence-corrected chi connectivity index (χ4v) is 3.43. The van der Waals surface area contributed by atoms with Crippen molar-refractivity contribution in [3.63, 3.8) is 0 Å². The van der Waals surface area contributed by atoms with Crippen molar-refractivity contribution in [1.82, 2.24) is 0 Å². The number of anilines is 1. The highest BCUT2D eigenvalue weighted by Gasteiger charge is 2.18. The normalized spacial score (nSPS) is 22.4. The summed E-state index contributed by atoms with van der Waals surface area (Å²) in [5, 5.41) is 5.21. The Balaban J connectivity index is 1.70. The van der Waals surface area contributed by atoms with E-state index < -0.39 is 0 Å². The quantitative estimate of drug-likeness (QED) is 0.864. The highest BCUT2D eigenvalue weighted by Crippen LogP contribution is 2.28. The molecule has 1 aliphatic carbocycles. The summed E-state index contributed by atoms with van der Waals surface area (Å²) < 4.78 is 0. The standard InChI is InChI=1S/C14H18N2S/c1-2-13-9-15-14(17-13)16-12-7-6-10-4-3-5-11(10)8-12/h6-8,13H,2-5,9H2,1H3,(H,15,16). The lowest BCUT2D eigenvalue weighted by Crippen LogP contribution is -2.07. The molecule has 0 saturated carbocycles. The highest BCUT2D eigenvalue weighted by molar-refractivity contribution is 8.15. The smallest absolute Gasteiger partial charge is 0.161 e. The van der Waals surface area contributed by atoms with Gasteiger partial charge in [0.05, 0.1) is 6.54 Å². The summed E-state index contributed by atoms with van der Waals surface area (Å²) in [6.45, 7) is 3.19. The van der Waals surface area contributed by atoms with Gasteiger partial charge in [-0.05, 0) is 48.9 Å². The number of hydrogen-bond acceptors (Lipinski definition) is 3. The summed E-state index contributed by atoms with van der Waals surface area (Å²) in [7, 11) is 0. The predicted molar refractivity (Wildman–Crippen MR) is 76.1 cm³/mol. The van der Waals surface area contributed by atoms with Crippen LogP contribution in [0.2, 0.25) is 0 Å². The van der Waals surface area contributed by atoms with Crippen LogP contribution in [0.1, 0.15) is 30.9 Å². The Labute approximate surface area is 107 Å². The molecule has 17 heavy (non-hydrogen) atoms. The van der Waals surface area contributed by atoms with Crippen LogP contribution in [0.3, 0.4) is 0 Å². The van der Waals surface area contributed by atoms with Gasteiger partial charge in [-0.15, -0.1) is 0 Å². The molecule has 0 amide bonds. The number of thioether (sulfide) groups is 1. The van der Waals surface area contributed by atoms with Crippen molar-refractivity contribution >= 4 is 22.6 Å². The SMILES string of the molecule is CCC1CN=C(Nc2ccc3c(c2)CCC3)S1. The maximum atomic E-state index is 4.55. The second-order valence-corrected chi connectivity index (χ2v) is 6.05. The van der Waals surface area contributed by atoms with E-state index in [-0.39, 0.29) is 0 Å². The van der Waals surface area contributed by atoms with Crippen LogP contribution in [0.15, 0.2) is 23.2 Å². The Morgan fingerprint density at radius 3 is 3.06 bits per heavy atom. The van der Waals surface area contributed by atoms with Crippen LogP contribution >= 0.6 is 11.8 Å². The van der Waals surface area contributed by atoms with E-state index in [2.05, 4.69) is 35.4 Å². The van der Waals surface area contributed by atoms with Gasteiger partial charge in [-0.3, -0.25) is 4.99 Å². The number of hydrogen-bond donors (Lipinski definition) is 1. The van der Waals surface area contributed by atoms with Crippen molar-refractivity contribution in [1.29, 1.82) is 0 Å². The van der Waals surface area contributed by atoms with Gasteiger partial charge in [-0.1, -0.05) is 24.8 Å². The molecular weight excluding hydrogens is 228 g/mol. The van der Waals surface area contributed by atoms with Crippen LogP contribution < -0.4 is 5.32 Å². The van der Waals surface area contributed by atoms with E-state index in [1.807, 2.05) is 11.8 Å². The molecule has 90 valence electrons. The maximum absolute atomic E-state index is 4.55. The fourth-order valence-electron chi connectivity index (χ4n) is 2.47. The van der Waals surface area contributed by atoms with Crippen molar-refractivity contribution in [3.8, 4) is 0 Å². The number of nitrogens with zero attached hydrogens (tertiary/aromatic N) is 1. The van der Waals surface area contributed by atoms with Gasteiger partial charge >= 0.3 is 0 Å². The molecule has 3 rings (SSSR count). The lowest BCUT2D eigenvalue weighted by Gasteiger charge is -2.08. The average Bonchev–Trinajstić information content (AvgIpc) is 2.96. The fraction of sp³-hybridized carbons (Fsp3) is 0.500. The van der Waals surface area contributed by atoms with Crippen LogP contribution in [-0.2, 0) is 12.8 Å². The number of nitrogens with one attached hydrogen (secondary N) is 1. The van der Waals surface area contributed by atoms with Crippen molar-refractivity contribution in [3.05, 3.63) is 29.3 Å². The van der Waals surface area contributed by atoms with Gasteiger partial charge in [0.25, 0.3) is 0 Å². The van der Waals surface area contributed by atoms with Crippen LogP contribution in [0.4, 0.5) is 5.69 Å². The third-order valence-corrected chi connectivity index (χ3v) is 4.79. The minimum atomic E-state index is 0.673. The van der Waals surface area contributed by atoms with Crippen molar-refractivity contribution in [2.24, 2.45) is 4.99 Å². The van der Waals surface area contributed by atoms with Crippen LogP contribution in [0.25, 0.3) is 0 Å². The van der Waals surface area contributed by atoms with Crippen molar-refractivity contribution in [2.75, 3.05) is 11.9 Å². The van der Waals surface area contributed by atoms with Crippen LogP contribution in [0, 0.1) is 0 Å². The van der Waals surface area contributed by atoms with E-state index in [0.29, 0.717) is 5.25 Å². The maximum Gasteiger partial charge on any atom is 0.161 e. The lowest BCUT2D eigenvalue weighted by atomic mass is 10.1. The van der Waals surface area contributed by atoms with E-state index in [4.69, 9.17) is 0 Å². The molecule has 1 aliphatic heterocycles. The molecule has 3 heteroatoms. The number of aliphatic imine (C=N–C) groups is 1. The first kappa shape index (κ1) is 11.1. The van der Waals surface area contributed by atoms with Gasteiger partial charge < -0.3 is 5.32 Å². The Hall–Kier alpha value is -0.960. The molecule has 0 radical (unpaired) electrons. The molecule has 0 saturated heterocycles. The van der Waals surface area contributed by atoms with Crippen LogP contribution in [-0.4, -0.2) is 17.0 Å². The van der Waals surface area contributed by atoms with Gasteiger partial charge in [0.15, 0.2) is 5.17 Å². The third kappa shape index (κ3) is 2.34. The molecule has 0 bridgehead atoms. The Morgan fingerprint density at radius 2 is 2.24 bits per heavy atom. The van der Waals surface area contributed by atoms with Crippen LogP contribution in [0.5, 0.6) is 0 Å². The van der Waals surface area contributed by atoms with Gasteiger partial charge in [0.2, 0.25) is 0 Å². The predicted octanol–water partition coefficient (Wildman–Crippen LogP) is 3.47. The average molecular weight is 246 g/mol. The zero-order chi connectivity index (χ0) is 11.7. The molecule has 1 aromatic carbocycles. The number of aryl methyl sites for hydroxylation is 2. The molecule has 1 aromatic rings. The summed E-state index contributed by atoms with van der Waals surface area (Å²) in [4.78, 5) is 4.55. The molecule has 0 spiro atoms. The van der Waals surface area contributed by atoms with E-state index in [9.17, 15) is 0 Å². The number of benzene rings is 1. The van der Waals surface area contributed by atoms with Crippen molar-refractivity contribution < 1.29 is 0 Å². The second kappa shape index (κ2) is 4.73. The molecule has 1 heterocycles. The topological polar surface area (TPSA) is 24.4 Å². The summed E-state index contributed by atoms with van der Waals surface area (Å²) in [6.07, 6.45) is 5.00. The Kier molecular flexibility index (Phi) is 3.10. The monoisotopic (exact) mass is 246 g/mol. The molecule has 2 nitrogen and oxygen atoms in total. The molecule has 2 aliphatic rings. The van der Waals surface area contributed by atoms with Gasteiger partial charge in [0.1, 0.15) is 0 Å². The molecular formula is C14H18N2S. The summed E-state index contributed by atoms with van der Waals surface area (Å²) in [5.41, 5.74) is 4.25.